The monoisotopic (exact) mass is 284 g/mol. The van der Waals surface area contributed by atoms with Gasteiger partial charge in [0.1, 0.15) is 0 Å². The van der Waals surface area contributed by atoms with Crippen LogP contribution in [-0.4, -0.2) is 37.6 Å². The van der Waals surface area contributed by atoms with Gasteiger partial charge in [-0.15, -0.1) is 0 Å². The molecule has 0 aliphatic carbocycles. The summed E-state index contributed by atoms with van der Waals surface area (Å²) in [7, 11) is 0. The van der Waals surface area contributed by atoms with Gasteiger partial charge in [0.15, 0.2) is 0 Å². The molecule has 0 rings (SSSR count). The highest BCUT2D eigenvalue weighted by Crippen LogP contribution is 2.27. The summed E-state index contributed by atoms with van der Waals surface area (Å²) in [6, 6.07) is 0. The van der Waals surface area contributed by atoms with Crippen LogP contribution in [0.2, 0.25) is 0 Å². The molecule has 0 radical (unpaired) electrons. The molecule has 0 aliphatic rings. The van der Waals surface area contributed by atoms with E-state index in [1.54, 1.807) is 0 Å². The van der Waals surface area contributed by atoms with Crippen LogP contribution in [0.3, 0.4) is 0 Å². The van der Waals surface area contributed by atoms with E-state index in [1.807, 2.05) is 0 Å². The molecule has 0 amide bonds. The van der Waals surface area contributed by atoms with E-state index in [-0.39, 0.29) is 0 Å². The van der Waals surface area contributed by atoms with Gasteiger partial charge in [0.25, 0.3) is 0 Å². The molecule has 0 aromatic carbocycles. The second-order valence-electron chi connectivity index (χ2n) is 6.37. The maximum atomic E-state index is 3.67. The molecule has 20 heavy (non-hydrogen) atoms. The van der Waals surface area contributed by atoms with E-state index in [0.717, 1.165) is 6.54 Å². The van der Waals surface area contributed by atoms with Gasteiger partial charge in [-0.25, -0.2) is 0 Å². The molecule has 0 aliphatic heterocycles. The van der Waals surface area contributed by atoms with E-state index in [2.05, 4.69) is 44.8 Å². The number of hydrogen-bond acceptors (Lipinski definition) is 2. The Morgan fingerprint density at radius 3 is 1.75 bits per heavy atom. The van der Waals surface area contributed by atoms with Gasteiger partial charge >= 0.3 is 0 Å². The summed E-state index contributed by atoms with van der Waals surface area (Å²) in [6.45, 7) is 17.8. The van der Waals surface area contributed by atoms with Crippen molar-refractivity contribution >= 4 is 0 Å². The van der Waals surface area contributed by atoms with E-state index >= 15 is 0 Å². The van der Waals surface area contributed by atoms with Crippen molar-refractivity contribution in [1.29, 1.82) is 0 Å². The van der Waals surface area contributed by atoms with Crippen LogP contribution in [0, 0.1) is 5.41 Å². The fraction of sp³-hybridized carbons (Fsp3) is 1.00. The van der Waals surface area contributed by atoms with Crippen LogP contribution in [0.5, 0.6) is 0 Å². The van der Waals surface area contributed by atoms with E-state index in [1.165, 1.54) is 71.1 Å². The van der Waals surface area contributed by atoms with Gasteiger partial charge in [-0.3, -0.25) is 0 Å². The minimum Gasteiger partial charge on any atom is -0.316 e. The van der Waals surface area contributed by atoms with Crippen molar-refractivity contribution in [3.8, 4) is 0 Å². The molecule has 2 nitrogen and oxygen atoms in total. The lowest BCUT2D eigenvalue weighted by atomic mass is 9.81. The Bertz CT molecular complexity index is 192. The van der Waals surface area contributed by atoms with Gasteiger partial charge in [-0.05, 0) is 57.2 Å². The molecule has 1 N–H and O–H groups in total. The minimum atomic E-state index is 0.469. The van der Waals surface area contributed by atoms with Crippen molar-refractivity contribution in [3.05, 3.63) is 0 Å². The molecule has 0 spiro atoms. The Balaban J connectivity index is 4.51. The quantitative estimate of drug-likeness (QED) is 0.465. The first-order valence-corrected chi connectivity index (χ1v) is 9.11. The van der Waals surface area contributed by atoms with Gasteiger partial charge in [0, 0.05) is 13.1 Å². The lowest BCUT2D eigenvalue weighted by Gasteiger charge is -2.38. The van der Waals surface area contributed by atoms with Gasteiger partial charge < -0.3 is 10.2 Å². The molecule has 0 bridgehead atoms. The molecule has 0 aromatic heterocycles. The van der Waals surface area contributed by atoms with E-state index in [9.17, 15) is 0 Å². The summed E-state index contributed by atoms with van der Waals surface area (Å²) in [5.41, 5.74) is 0.469. The van der Waals surface area contributed by atoms with Crippen LogP contribution < -0.4 is 5.32 Å². The largest absolute Gasteiger partial charge is 0.316 e. The van der Waals surface area contributed by atoms with Crippen LogP contribution in [0.4, 0.5) is 0 Å². The Hall–Kier alpha value is -0.0800. The smallest absolute Gasteiger partial charge is 0.00499 e. The molecular weight excluding hydrogens is 244 g/mol. The van der Waals surface area contributed by atoms with Crippen LogP contribution in [-0.2, 0) is 0 Å². The zero-order valence-corrected chi connectivity index (χ0v) is 14.9. The summed E-state index contributed by atoms with van der Waals surface area (Å²) in [5, 5.41) is 3.67. The molecule has 0 aromatic rings. The molecular formula is C18H40N2. The average molecular weight is 285 g/mol. The maximum Gasteiger partial charge on any atom is 0.00499 e. The first-order valence-electron chi connectivity index (χ1n) is 9.11. The van der Waals surface area contributed by atoms with Crippen molar-refractivity contribution in [2.75, 3.05) is 32.7 Å². The normalized spacial score (nSPS) is 12.3. The average Bonchev–Trinajstić information content (AvgIpc) is 2.48. The number of rotatable bonds is 14. The van der Waals surface area contributed by atoms with Gasteiger partial charge in [-0.1, -0.05) is 47.5 Å². The molecule has 2 heteroatoms. The third kappa shape index (κ3) is 8.26. The SMILES string of the molecule is CCCCN(CCCC)CC(CC)(CC)CNCCC. The molecule has 0 saturated heterocycles. The lowest BCUT2D eigenvalue weighted by Crippen LogP contribution is -2.44. The molecule has 0 saturated carbocycles. The van der Waals surface area contributed by atoms with Crippen LogP contribution in [0.15, 0.2) is 0 Å². The number of nitrogens with zero attached hydrogens (tertiary/aromatic N) is 1. The highest BCUT2D eigenvalue weighted by atomic mass is 15.1. The van der Waals surface area contributed by atoms with E-state index < -0.39 is 0 Å². The van der Waals surface area contributed by atoms with Crippen molar-refractivity contribution in [1.82, 2.24) is 10.2 Å². The van der Waals surface area contributed by atoms with Crippen LogP contribution in [0.25, 0.3) is 0 Å². The number of hydrogen-bond donors (Lipinski definition) is 1. The van der Waals surface area contributed by atoms with E-state index in [0.29, 0.717) is 5.41 Å². The summed E-state index contributed by atoms with van der Waals surface area (Å²) in [4.78, 5) is 2.73. The Morgan fingerprint density at radius 2 is 1.35 bits per heavy atom. The molecule has 0 unspecified atom stereocenters. The highest BCUT2D eigenvalue weighted by Gasteiger charge is 2.28. The Morgan fingerprint density at radius 1 is 0.800 bits per heavy atom. The van der Waals surface area contributed by atoms with Gasteiger partial charge in [-0.2, -0.15) is 0 Å². The lowest BCUT2D eigenvalue weighted by molar-refractivity contribution is 0.131. The molecule has 122 valence electrons. The Labute approximate surface area is 128 Å². The summed E-state index contributed by atoms with van der Waals surface area (Å²) >= 11 is 0. The number of nitrogens with one attached hydrogen (secondary N) is 1. The first-order chi connectivity index (χ1) is 9.67. The van der Waals surface area contributed by atoms with Gasteiger partial charge in [0.05, 0.1) is 0 Å². The Kier molecular flexibility index (Phi) is 12.6. The van der Waals surface area contributed by atoms with Crippen molar-refractivity contribution < 1.29 is 0 Å². The summed E-state index contributed by atoms with van der Waals surface area (Å²) in [5.74, 6) is 0. The topological polar surface area (TPSA) is 15.3 Å². The summed E-state index contributed by atoms with van der Waals surface area (Å²) in [6.07, 6.45) is 9.11. The van der Waals surface area contributed by atoms with Crippen molar-refractivity contribution in [2.24, 2.45) is 5.41 Å². The highest BCUT2D eigenvalue weighted by molar-refractivity contribution is 4.83. The third-order valence-corrected chi connectivity index (χ3v) is 4.64. The summed E-state index contributed by atoms with van der Waals surface area (Å²) < 4.78 is 0. The predicted octanol–water partition coefficient (Wildman–Crippen LogP) is 4.69. The third-order valence-electron chi connectivity index (χ3n) is 4.64. The van der Waals surface area contributed by atoms with E-state index in [4.69, 9.17) is 0 Å². The molecule has 0 fully saturated rings. The van der Waals surface area contributed by atoms with Crippen LogP contribution in [0.1, 0.15) is 79.6 Å². The zero-order valence-electron chi connectivity index (χ0n) is 14.9. The molecule has 0 atom stereocenters. The zero-order chi connectivity index (χ0) is 15.3. The van der Waals surface area contributed by atoms with Crippen LogP contribution >= 0.6 is 0 Å². The van der Waals surface area contributed by atoms with Gasteiger partial charge in [0.2, 0.25) is 0 Å². The first kappa shape index (κ1) is 19.9. The van der Waals surface area contributed by atoms with Crippen molar-refractivity contribution in [3.63, 3.8) is 0 Å². The fourth-order valence-corrected chi connectivity index (χ4v) is 2.82. The molecule has 0 heterocycles. The second kappa shape index (κ2) is 12.6. The maximum absolute atomic E-state index is 3.67. The second-order valence-corrected chi connectivity index (χ2v) is 6.37. The van der Waals surface area contributed by atoms with Crippen molar-refractivity contribution in [2.45, 2.75) is 79.6 Å². The standard InChI is InChI=1S/C18H40N2/c1-6-11-14-20(15-12-7-2)17-18(9-4,10-5)16-19-13-8-3/h19H,6-17H2,1-5H3. The fourth-order valence-electron chi connectivity index (χ4n) is 2.82. The predicted molar refractivity (Wildman–Crippen MR) is 92.4 cm³/mol. The minimum absolute atomic E-state index is 0.469. The number of unbranched alkanes of at least 4 members (excludes halogenated alkanes) is 2.